The van der Waals surface area contributed by atoms with E-state index in [2.05, 4.69) is 15.1 Å². The molecule has 2 aliphatic heterocycles. The molecule has 4 saturated carbocycles. The Morgan fingerprint density at radius 2 is 1.44 bits per heavy atom. The average Bonchev–Trinajstić information content (AvgIpc) is 3.23. The van der Waals surface area contributed by atoms with Crippen molar-refractivity contribution in [3.8, 4) is 0 Å². The molecule has 0 aromatic heterocycles. The molecular formula is C34H42N4O3. The van der Waals surface area contributed by atoms with Crippen molar-refractivity contribution in [3.63, 3.8) is 0 Å². The quantitative estimate of drug-likeness (QED) is 0.560. The third kappa shape index (κ3) is 4.61. The molecule has 7 nitrogen and oxygen atoms in total. The van der Waals surface area contributed by atoms with E-state index in [0.717, 1.165) is 48.3 Å². The van der Waals surface area contributed by atoms with Crippen molar-refractivity contribution in [2.45, 2.75) is 69.9 Å². The van der Waals surface area contributed by atoms with Crippen LogP contribution in [-0.4, -0.2) is 59.4 Å². The fourth-order valence-corrected chi connectivity index (χ4v) is 9.40. The number of para-hydroxylation sites is 1. The highest BCUT2D eigenvalue weighted by molar-refractivity contribution is 5.96. The van der Waals surface area contributed by atoms with E-state index in [1.165, 1.54) is 19.3 Å². The normalized spacial score (nSPS) is 30.6. The monoisotopic (exact) mass is 554 g/mol. The number of piperidine rings is 1. The molecule has 8 rings (SSSR count). The molecule has 4 aliphatic carbocycles. The van der Waals surface area contributed by atoms with Gasteiger partial charge in [0.05, 0.1) is 18.1 Å². The Bertz CT molecular complexity index is 1270. The summed E-state index contributed by atoms with van der Waals surface area (Å²) in [5, 5.41) is 3.07. The summed E-state index contributed by atoms with van der Waals surface area (Å²) < 4.78 is 0. The minimum atomic E-state index is -0.731. The summed E-state index contributed by atoms with van der Waals surface area (Å²) in [6, 6.07) is 19.8. The van der Waals surface area contributed by atoms with Gasteiger partial charge in [0.15, 0.2) is 0 Å². The maximum Gasteiger partial charge on any atom is 0.250 e. The molecule has 3 amide bonds. The van der Waals surface area contributed by atoms with Crippen LogP contribution in [0.15, 0.2) is 60.7 Å². The minimum absolute atomic E-state index is 0.00534. The standard InChI is InChI=1S/C34H42N4O3/c1-24(28-8-4-2-5-9-28)35-30(39)22-37-23-38(29-10-6-3-7-11-29)34(32(37)41)12-14-36(15-13-34)31(40)33-19-25-16-26(20-33)18-27(17-25)21-33/h2-11,24-27H,12-23H2,1H3,(H,35,39). The van der Waals surface area contributed by atoms with Crippen LogP contribution in [-0.2, 0) is 14.4 Å². The molecule has 1 spiro atoms. The van der Waals surface area contributed by atoms with Crippen molar-refractivity contribution in [3.05, 3.63) is 66.2 Å². The molecule has 4 bridgehead atoms. The molecule has 6 fully saturated rings. The van der Waals surface area contributed by atoms with Gasteiger partial charge in [0.25, 0.3) is 5.91 Å². The molecule has 1 unspecified atom stereocenters. The highest BCUT2D eigenvalue weighted by Crippen LogP contribution is 2.60. The molecule has 216 valence electrons. The van der Waals surface area contributed by atoms with E-state index in [-0.39, 0.29) is 29.8 Å². The highest BCUT2D eigenvalue weighted by atomic mass is 16.2. The van der Waals surface area contributed by atoms with E-state index in [9.17, 15) is 14.4 Å². The summed E-state index contributed by atoms with van der Waals surface area (Å²) >= 11 is 0. The molecular weight excluding hydrogens is 512 g/mol. The van der Waals surface area contributed by atoms with Crippen LogP contribution in [0.25, 0.3) is 0 Å². The zero-order valence-electron chi connectivity index (χ0n) is 24.1. The van der Waals surface area contributed by atoms with Gasteiger partial charge >= 0.3 is 0 Å². The van der Waals surface area contributed by atoms with Gasteiger partial charge in [-0.05, 0) is 93.7 Å². The summed E-state index contributed by atoms with van der Waals surface area (Å²) in [7, 11) is 0. The molecule has 7 heteroatoms. The first-order chi connectivity index (χ1) is 19.8. The summed E-state index contributed by atoms with van der Waals surface area (Å²) in [6.45, 7) is 3.56. The zero-order chi connectivity index (χ0) is 28.2. The van der Waals surface area contributed by atoms with Gasteiger partial charge in [-0.15, -0.1) is 0 Å². The number of amides is 3. The fraction of sp³-hybridized carbons (Fsp3) is 0.559. The van der Waals surface area contributed by atoms with E-state index >= 15 is 0 Å². The Kier molecular flexibility index (Phi) is 6.59. The summed E-state index contributed by atoms with van der Waals surface area (Å²) in [5.74, 6) is 2.40. The molecule has 41 heavy (non-hydrogen) atoms. The lowest BCUT2D eigenvalue weighted by molar-refractivity contribution is -0.160. The van der Waals surface area contributed by atoms with Gasteiger partial charge in [0.2, 0.25) is 11.8 Å². The van der Waals surface area contributed by atoms with Crippen molar-refractivity contribution >= 4 is 23.4 Å². The van der Waals surface area contributed by atoms with E-state index in [4.69, 9.17) is 0 Å². The molecule has 1 atom stereocenters. The maximum absolute atomic E-state index is 14.2. The predicted molar refractivity (Wildman–Crippen MR) is 158 cm³/mol. The summed E-state index contributed by atoms with van der Waals surface area (Å²) in [4.78, 5) is 47.3. The molecule has 1 N–H and O–H groups in total. The van der Waals surface area contributed by atoms with E-state index < -0.39 is 5.54 Å². The van der Waals surface area contributed by atoms with Gasteiger partial charge < -0.3 is 20.0 Å². The van der Waals surface area contributed by atoms with Crippen LogP contribution >= 0.6 is 0 Å². The van der Waals surface area contributed by atoms with Crippen LogP contribution in [0.5, 0.6) is 0 Å². The van der Waals surface area contributed by atoms with Gasteiger partial charge in [-0.2, -0.15) is 0 Å². The Labute approximate surface area is 243 Å². The molecule has 2 heterocycles. The summed E-state index contributed by atoms with van der Waals surface area (Å²) in [5.41, 5.74) is 1.14. The zero-order valence-corrected chi connectivity index (χ0v) is 24.1. The summed E-state index contributed by atoms with van der Waals surface area (Å²) in [6.07, 6.45) is 8.36. The number of rotatable bonds is 6. The molecule has 2 aromatic carbocycles. The highest BCUT2D eigenvalue weighted by Gasteiger charge is 2.58. The Morgan fingerprint density at radius 1 is 0.878 bits per heavy atom. The van der Waals surface area contributed by atoms with Gasteiger partial charge in [-0.25, -0.2) is 0 Å². The van der Waals surface area contributed by atoms with Crippen LogP contribution in [0.1, 0.15) is 69.9 Å². The molecule has 6 aliphatic rings. The molecule has 0 radical (unpaired) electrons. The lowest BCUT2D eigenvalue weighted by atomic mass is 9.49. The number of carbonyl (C=O) groups is 3. The van der Waals surface area contributed by atoms with Crippen molar-refractivity contribution < 1.29 is 14.4 Å². The Hall–Kier alpha value is -3.35. The number of benzene rings is 2. The average molecular weight is 555 g/mol. The van der Waals surface area contributed by atoms with E-state index in [1.807, 2.05) is 67.6 Å². The predicted octanol–water partition coefficient (Wildman–Crippen LogP) is 4.75. The van der Waals surface area contributed by atoms with Crippen LogP contribution in [0, 0.1) is 23.2 Å². The van der Waals surface area contributed by atoms with E-state index in [1.54, 1.807) is 4.90 Å². The van der Waals surface area contributed by atoms with Crippen LogP contribution in [0.2, 0.25) is 0 Å². The number of hydrogen-bond acceptors (Lipinski definition) is 4. The molecule has 2 saturated heterocycles. The number of nitrogens with zero attached hydrogens (tertiary/aromatic N) is 3. The number of carbonyl (C=O) groups excluding carboxylic acids is 3. The number of anilines is 1. The lowest BCUT2D eigenvalue weighted by Crippen LogP contribution is -2.61. The third-order valence-electron chi connectivity index (χ3n) is 11.0. The van der Waals surface area contributed by atoms with Crippen LogP contribution in [0.3, 0.4) is 0 Å². The van der Waals surface area contributed by atoms with E-state index in [0.29, 0.717) is 38.5 Å². The second-order valence-electron chi connectivity index (χ2n) is 13.6. The van der Waals surface area contributed by atoms with Crippen LogP contribution < -0.4 is 10.2 Å². The maximum atomic E-state index is 14.2. The minimum Gasteiger partial charge on any atom is -0.348 e. The third-order valence-corrected chi connectivity index (χ3v) is 11.0. The fourth-order valence-electron chi connectivity index (χ4n) is 9.40. The van der Waals surface area contributed by atoms with Gasteiger partial charge in [-0.1, -0.05) is 48.5 Å². The Balaban J connectivity index is 1.07. The Morgan fingerprint density at radius 3 is 2.02 bits per heavy atom. The smallest absolute Gasteiger partial charge is 0.250 e. The second-order valence-corrected chi connectivity index (χ2v) is 13.6. The topological polar surface area (TPSA) is 73.0 Å². The SMILES string of the molecule is CC(NC(=O)CN1CN(c2ccccc2)C2(CCN(C(=O)C34CC5CC(CC(C5)C3)C4)CC2)C1=O)c1ccccc1. The number of hydrogen-bond donors (Lipinski definition) is 1. The van der Waals surface area contributed by atoms with Crippen molar-refractivity contribution in [1.29, 1.82) is 0 Å². The largest absolute Gasteiger partial charge is 0.348 e. The van der Waals surface area contributed by atoms with Crippen molar-refractivity contribution in [1.82, 2.24) is 15.1 Å². The first kappa shape index (κ1) is 26.5. The van der Waals surface area contributed by atoms with Gasteiger partial charge in [-0.3, -0.25) is 14.4 Å². The first-order valence-corrected chi connectivity index (χ1v) is 15.6. The van der Waals surface area contributed by atoms with Crippen LogP contribution in [0.4, 0.5) is 5.69 Å². The van der Waals surface area contributed by atoms with Gasteiger partial charge in [0.1, 0.15) is 12.1 Å². The molecule has 2 aromatic rings. The lowest BCUT2D eigenvalue weighted by Gasteiger charge is -2.57. The number of likely N-dealkylation sites (tertiary alicyclic amines) is 1. The number of nitrogens with one attached hydrogen (secondary N) is 1. The first-order valence-electron chi connectivity index (χ1n) is 15.6. The second kappa shape index (κ2) is 10.2. The van der Waals surface area contributed by atoms with Gasteiger partial charge in [0, 0.05) is 18.8 Å². The van der Waals surface area contributed by atoms with Crippen molar-refractivity contribution in [2.75, 3.05) is 31.2 Å². The van der Waals surface area contributed by atoms with Crippen molar-refractivity contribution in [2.24, 2.45) is 23.2 Å².